The van der Waals surface area contributed by atoms with E-state index < -0.39 is 0 Å². The van der Waals surface area contributed by atoms with Crippen LogP contribution in [0.15, 0.2) is 12.1 Å². The van der Waals surface area contributed by atoms with Crippen molar-refractivity contribution in [3.63, 3.8) is 0 Å². The first kappa shape index (κ1) is 8.97. The molecule has 0 aromatic heterocycles. The average Bonchev–Trinajstić information content (AvgIpc) is 2.79. The van der Waals surface area contributed by atoms with Gasteiger partial charge in [-0.25, -0.2) is 0 Å². The fourth-order valence-corrected chi connectivity index (χ4v) is 1.64. The van der Waals surface area contributed by atoms with Gasteiger partial charge >= 0.3 is 0 Å². The van der Waals surface area contributed by atoms with Crippen molar-refractivity contribution >= 4 is 28.9 Å². The molecule has 0 unspecified atom stereocenters. The molecule has 2 N–H and O–H groups in total. The number of rotatable bonds is 2. The summed E-state index contributed by atoms with van der Waals surface area (Å²) in [5.41, 5.74) is 6.10. The fourth-order valence-electron chi connectivity index (χ4n) is 1.04. The SMILES string of the molecule is Nc1cc(Cl)c(OC2CC2)c(Cl)c1. The lowest BCUT2D eigenvalue weighted by Crippen LogP contribution is -1.98. The molecule has 0 amide bonds. The predicted molar refractivity (Wildman–Crippen MR) is 54.5 cm³/mol. The standard InChI is InChI=1S/C9H9Cl2NO/c10-7-3-5(12)4-8(11)9(7)13-6-1-2-6/h3-4,6H,1-2,12H2. The third kappa shape index (κ3) is 2.01. The number of halogens is 2. The molecule has 0 saturated heterocycles. The molecular formula is C9H9Cl2NO. The smallest absolute Gasteiger partial charge is 0.157 e. The molecule has 0 heterocycles. The van der Waals surface area contributed by atoms with Gasteiger partial charge in [0.15, 0.2) is 5.75 Å². The van der Waals surface area contributed by atoms with Gasteiger partial charge < -0.3 is 10.5 Å². The van der Waals surface area contributed by atoms with E-state index in [1.54, 1.807) is 12.1 Å². The Labute approximate surface area is 86.6 Å². The molecule has 0 bridgehead atoms. The Morgan fingerprint density at radius 1 is 1.23 bits per heavy atom. The van der Waals surface area contributed by atoms with Crippen LogP contribution in [0.2, 0.25) is 10.0 Å². The highest BCUT2D eigenvalue weighted by molar-refractivity contribution is 6.37. The topological polar surface area (TPSA) is 35.2 Å². The second kappa shape index (κ2) is 3.28. The van der Waals surface area contributed by atoms with Gasteiger partial charge in [-0.05, 0) is 25.0 Å². The lowest BCUT2D eigenvalue weighted by molar-refractivity contribution is 0.303. The van der Waals surface area contributed by atoms with Crippen LogP contribution in [0.4, 0.5) is 5.69 Å². The molecule has 0 spiro atoms. The van der Waals surface area contributed by atoms with Crippen molar-refractivity contribution in [2.45, 2.75) is 18.9 Å². The van der Waals surface area contributed by atoms with E-state index in [1.807, 2.05) is 0 Å². The summed E-state index contributed by atoms with van der Waals surface area (Å²) < 4.78 is 5.52. The molecule has 0 radical (unpaired) electrons. The zero-order valence-corrected chi connectivity index (χ0v) is 8.40. The average molecular weight is 218 g/mol. The van der Waals surface area contributed by atoms with Crippen molar-refractivity contribution in [1.29, 1.82) is 0 Å². The van der Waals surface area contributed by atoms with E-state index in [-0.39, 0.29) is 0 Å². The van der Waals surface area contributed by atoms with E-state index in [0.29, 0.717) is 27.6 Å². The van der Waals surface area contributed by atoms with E-state index >= 15 is 0 Å². The molecule has 0 atom stereocenters. The molecule has 2 nitrogen and oxygen atoms in total. The summed E-state index contributed by atoms with van der Waals surface area (Å²) in [5.74, 6) is 0.556. The molecule has 1 saturated carbocycles. The van der Waals surface area contributed by atoms with E-state index in [1.165, 1.54) is 0 Å². The first-order chi connectivity index (χ1) is 6.16. The number of nitrogens with two attached hydrogens (primary N) is 1. The first-order valence-corrected chi connectivity index (χ1v) is 4.83. The van der Waals surface area contributed by atoms with Crippen LogP contribution >= 0.6 is 23.2 Å². The summed E-state index contributed by atoms with van der Waals surface area (Å²) in [5, 5.41) is 0.966. The van der Waals surface area contributed by atoms with Crippen LogP contribution in [-0.2, 0) is 0 Å². The van der Waals surface area contributed by atoms with Crippen LogP contribution in [0.25, 0.3) is 0 Å². The molecule has 2 rings (SSSR count). The van der Waals surface area contributed by atoms with Gasteiger partial charge in [0.25, 0.3) is 0 Å². The lowest BCUT2D eigenvalue weighted by atomic mass is 10.3. The molecule has 0 aliphatic heterocycles. The zero-order chi connectivity index (χ0) is 9.42. The molecule has 4 heteroatoms. The summed E-state index contributed by atoms with van der Waals surface area (Å²) >= 11 is 11.8. The van der Waals surface area contributed by atoms with Gasteiger partial charge in [0.1, 0.15) is 0 Å². The maximum absolute atomic E-state index is 5.92. The summed E-state index contributed by atoms with van der Waals surface area (Å²) in [4.78, 5) is 0. The second-order valence-electron chi connectivity index (χ2n) is 3.13. The normalized spacial score (nSPS) is 15.8. The predicted octanol–water partition coefficient (Wildman–Crippen LogP) is 3.12. The molecule has 1 aromatic carbocycles. The highest BCUT2D eigenvalue weighted by Gasteiger charge is 2.25. The zero-order valence-electron chi connectivity index (χ0n) is 6.89. The van der Waals surface area contributed by atoms with Crippen molar-refractivity contribution in [3.05, 3.63) is 22.2 Å². The maximum Gasteiger partial charge on any atom is 0.157 e. The van der Waals surface area contributed by atoms with Gasteiger partial charge in [-0.1, -0.05) is 23.2 Å². The van der Waals surface area contributed by atoms with Crippen molar-refractivity contribution in [2.75, 3.05) is 5.73 Å². The number of ether oxygens (including phenoxy) is 1. The van der Waals surface area contributed by atoms with Gasteiger partial charge in [-0.3, -0.25) is 0 Å². The van der Waals surface area contributed by atoms with Gasteiger partial charge in [-0.15, -0.1) is 0 Å². The summed E-state index contributed by atoms with van der Waals surface area (Å²) in [6.07, 6.45) is 2.45. The fraction of sp³-hybridized carbons (Fsp3) is 0.333. The van der Waals surface area contributed by atoms with Crippen LogP contribution in [-0.4, -0.2) is 6.10 Å². The van der Waals surface area contributed by atoms with E-state index in [0.717, 1.165) is 12.8 Å². The van der Waals surface area contributed by atoms with E-state index in [9.17, 15) is 0 Å². The molecule has 13 heavy (non-hydrogen) atoms. The Morgan fingerprint density at radius 3 is 2.23 bits per heavy atom. The van der Waals surface area contributed by atoms with Crippen molar-refractivity contribution in [2.24, 2.45) is 0 Å². The maximum atomic E-state index is 5.92. The third-order valence-corrected chi connectivity index (χ3v) is 2.39. The van der Waals surface area contributed by atoms with Crippen molar-refractivity contribution in [3.8, 4) is 5.75 Å². The summed E-state index contributed by atoms with van der Waals surface area (Å²) in [7, 11) is 0. The van der Waals surface area contributed by atoms with Crippen LogP contribution in [0, 0.1) is 0 Å². The van der Waals surface area contributed by atoms with Gasteiger partial charge in [-0.2, -0.15) is 0 Å². The highest BCUT2D eigenvalue weighted by Crippen LogP contribution is 2.38. The molecule has 1 aromatic rings. The van der Waals surface area contributed by atoms with Crippen molar-refractivity contribution in [1.82, 2.24) is 0 Å². The minimum Gasteiger partial charge on any atom is -0.487 e. The second-order valence-corrected chi connectivity index (χ2v) is 3.95. The first-order valence-electron chi connectivity index (χ1n) is 4.08. The van der Waals surface area contributed by atoms with E-state index in [4.69, 9.17) is 33.7 Å². The van der Waals surface area contributed by atoms with Gasteiger partial charge in [0.2, 0.25) is 0 Å². The Kier molecular flexibility index (Phi) is 2.26. The Balaban J connectivity index is 2.31. The van der Waals surface area contributed by atoms with Crippen LogP contribution in [0.3, 0.4) is 0 Å². The number of nitrogen functional groups attached to an aromatic ring is 1. The number of anilines is 1. The number of hydrogen-bond acceptors (Lipinski definition) is 2. The van der Waals surface area contributed by atoms with Gasteiger partial charge in [0.05, 0.1) is 16.1 Å². The van der Waals surface area contributed by atoms with Crippen molar-refractivity contribution < 1.29 is 4.74 Å². The summed E-state index contributed by atoms with van der Waals surface area (Å²) in [6, 6.07) is 3.29. The lowest BCUT2D eigenvalue weighted by Gasteiger charge is -2.09. The summed E-state index contributed by atoms with van der Waals surface area (Å²) in [6.45, 7) is 0. The monoisotopic (exact) mass is 217 g/mol. The number of hydrogen-bond donors (Lipinski definition) is 1. The Bertz CT molecular complexity index is 313. The highest BCUT2D eigenvalue weighted by atomic mass is 35.5. The van der Waals surface area contributed by atoms with E-state index in [2.05, 4.69) is 0 Å². The quantitative estimate of drug-likeness (QED) is 0.774. The molecular weight excluding hydrogens is 209 g/mol. The Morgan fingerprint density at radius 2 is 1.77 bits per heavy atom. The van der Waals surface area contributed by atoms with Crippen LogP contribution in [0.5, 0.6) is 5.75 Å². The number of benzene rings is 1. The minimum atomic E-state index is 0.290. The van der Waals surface area contributed by atoms with Crippen LogP contribution in [0.1, 0.15) is 12.8 Å². The largest absolute Gasteiger partial charge is 0.487 e. The Hall–Kier alpha value is -0.600. The van der Waals surface area contributed by atoms with Crippen LogP contribution < -0.4 is 10.5 Å². The molecule has 1 aliphatic rings. The molecule has 1 aliphatic carbocycles. The third-order valence-electron chi connectivity index (χ3n) is 1.83. The van der Waals surface area contributed by atoms with Gasteiger partial charge in [0, 0.05) is 5.69 Å². The minimum absolute atomic E-state index is 0.290. The molecule has 1 fully saturated rings. The molecule has 70 valence electrons.